The van der Waals surface area contributed by atoms with E-state index in [1.165, 1.54) is 18.2 Å². The summed E-state index contributed by atoms with van der Waals surface area (Å²) in [5.41, 5.74) is 6.07. The number of H-pyrrole nitrogens is 1. The lowest BCUT2D eigenvalue weighted by atomic mass is 9.90. The van der Waals surface area contributed by atoms with E-state index >= 15 is 0 Å². The monoisotopic (exact) mass is 523 g/mol. The molecule has 0 saturated carbocycles. The quantitative estimate of drug-likeness (QED) is 0.441. The van der Waals surface area contributed by atoms with Crippen LogP contribution in [0, 0.1) is 0 Å². The number of aliphatic hydroxyl groups is 1. The van der Waals surface area contributed by atoms with Crippen molar-refractivity contribution in [2.45, 2.75) is 49.7 Å². The Bertz CT molecular complexity index is 1340. The van der Waals surface area contributed by atoms with Crippen LogP contribution in [0.1, 0.15) is 24.8 Å². The molecule has 0 bridgehead atoms. The number of amides is 1. The number of nitrogens with one attached hydrogen (secondary N) is 2. The van der Waals surface area contributed by atoms with E-state index in [1.807, 2.05) is 12.1 Å². The molecule has 1 amide bonds. The lowest BCUT2D eigenvalue weighted by Crippen LogP contribution is -2.35. The first-order valence-electron chi connectivity index (χ1n) is 12.5. The van der Waals surface area contributed by atoms with Gasteiger partial charge in [-0.2, -0.15) is 0 Å². The van der Waals surface area contributed by atoms with Crippen LogP contribution in [0.4, 0.5) is 4.79 Å². The number of hydrogen-bond donors (Lipinski definition) is 3. The maximum Gasteiger partial charge on any atom is 0.407 e. The standard InChI is InChI=1S/C27H30N3O6P/c1-33-27(32)28-17-8-6-15(7-9-17)14-2-4-16(5-3-14)24-22(37)10-18-19(30-24)11-23(29-18)36-21-13-35-25-20(31)12-34-26(21)25/h2-6,10-11,17,20-21,25-26,29,31H,7-9,12-13,37H2,1H3,(H,28,32)/t17?,20?,21?,25-,26-/m1/s1. The summed E-state index contributed by atoms with van der Waals surface area (Å²) < 4.78 is 22.2. The molecule has 2 fully saturated rings. The van der Waals surface area contributed by atoms with Crippen LogP contribution in [-0.2, 0) is 14.2 Å². The van der Waals surface area contributed by atoms with Gasteiger partial charge >= 0.3 is 6.09 Å². The van der Waals surface area contributed by atoms with Gasteiger partial charge in [-0.1, -0.05) is 30.3 Å². The molecule has 194 valence electrons. The maximum atomic E-state index is 11.5. The van der Waals surface area contributed by atoms with Gasteiger partial charge in [-0.15, -0.1) is 9.24 Å². The van der Waals surface area contributed by atoms with E-state index < -0.39 is 6.10 Å². The molecule has 9 nitrogen and oxygen atoms in total. The molecule has 4 unspecified atom stereocenters. The number of benzene rings is 1. The Labute approximate surface area is 216 Å². The summed E-state index contributed by atoms with van der Waals surface area (Å²) in [6.07, 6.45) is 2.91. The highest BCUT2D eigenvalue weighted by atomic mass is 31.0. The van der Waals surface area contributed by atoms with Crippen molar-refractivity contribution < 1.29 is 28.8 Å². The van der Waals surface area contributed by atoms with Crippen LogP contribution in [-0.4, -0.2) is 71.9 Å². The van der Waals surface area contributed by atoms with Gasteiger partial charge < -0.3 is 34.4 Å². The Hall–Kier alpha value is -2.97. The van der Waals surface area contributed by atoms with Crippen molar-refractivity contribution in [3.05, 3.63) is 48.0 Å². The van der Waals surface area contributed by atoms with Gasteiger partial charge in [0.2, 0.25) is 0 Å². The minimum Gasteiger partial charge on any atom is -0.470 e. The second-order valence-corrected chi connectivity index (χ2v) is 10.3. The molecular formula is C27H30N3O6P. The van der Waals surface area contributed by atoms with Crippen molar-refractivity contribution in [2.75, 3.05) is 20.3 Å². The Balaban J connectivity index is 1.16. The lowest BCUT2D eigenvalue weighted by Gasteiger charge is -2.22. The number of allylic oxidation sites excluding steroid dienone is 1. The molecule has 37 heavy (non-hydrogen) atoms. The largest absolute Gasteiger partial charge is 0.470 e. The number of ether oxygens (including phenoxy) is 4. The summed E-state index contributed by atoms with van der Waals surface area (Å²) in [6, 6.07) is 12.5. The highest BCUT2D eigenvalue weighted by Gasteiger charge is 2.48. The molecule has 1 aliphatic carbocycles. The zero-order valence-electron chi connectivity index (χ0n) is 20.5. The number of alkyl carbamates (subject to hydrolysis) is 1. The van der Waals surface area contributed by atoms with E-state index in [-0.39, 0.29) is 37.1 Å². The molecule has 6 rings (SSSR count). The Morgan fingerprint density at radius 1 is 1.16 bits per heavy atom. The molecule has 3 aromatic rings. The molecule has 2 aliphatic heterocycles. The van der Waals surface area contributed by atoms with Gasteiger partial charge in [-0.25, -0.2) is 9.78 Å². The molecule has 1 aromatic carbocycles. The summed E-state index contributed by atoms with van der Waals surface area (Å²) in [7, 11) is 4.16. The van der Waals surface area contributed by atoms with E-state index in [0.29, 0.717) is 12.5 Å². The first-order chi connectivity index (χ1) is 18.0. The second kappa shape index (κ2) is 10.1. The summed E-state index contributed by atoms with van der Waals surface area (Å²) in [5, 5.41) is 13.8. The zero-order valence-corrected chi connectivity index (χ0v) is 21.6. The van der Waals surface area contributed by atoms with E-state index in [9.17, 15) is 9.90 Å². The van der Waals surface area contributed by atoms with Gasteiger partial charge in [0.05, 0.1) is 37.1 Å². The number of aliphatic hydroxyl groups excluding tert-OH is 1. The number of methoxy groups -OCH3 is 1. The topological polar surface area (TPSA) is 115 Å². The number of aromatic amines is 1. The fourth-order valence-corrected chi connectivity index (χ4v) is 5.74. The second-order valence-electron chi connectivity index (χ2n) is 9.73. The van der Waals surface area contributed by atoms with Crippen LogP contribution in [0.2, 0.25) is 0 Å². The number of pyridine rings is 1. The Morgan fingerprint density at radius 3 is 2.70 bits per heavy atom. The fraction of sp³-hybridized carbons (Fsp3) is 0.407. The van der Waals surface area contributed by atoms with Crippen LogP contribution in [0.25, 0.3) is 27.9 Å². The molecule has 10 heteroatoms. The van der Waals surface area contributed by atoms with Crippen LogP contribution in [0.15, 0.2) is 42.5 Å². The number of fused-ring (bicyclic) bond motifs is 2. The molecule has 6 atom stereocenters. The predicted octanol–water partition coefficient (Wildman–Crippen LogP) is 2.93. The van der Waals surface area contributed by atoms with Crippen molar-refractivity contribution in [2.24, 2.45) is 0 Å². The Morgan fingerprint density at radius 2 is 1.95 bits per heavy atom. The van der Waals surface area contributed by atoms with E-state index in [1.54, 1.807) is 0 Å². The minimum atomic E-state index is -0.605. The third-order valence-corrected chi connectivity index (χ3v) is 7.75. The van der Waals surface area contributed by atoms with Crippen molar-refractivity contribution in [1.29, 1.82) is 0 Å². The van der Waals surface area contributed by atoms with Gasteiger partial charge in [-0.3, -0.25) is 0 Å². The lowest BCUT2D eigenvalue weighted by molar-refractivity contribution is 0.00794. The van der Waals surface area contributed by atoms with Gasteiger partial charge in [0.15, 0.2) is 12.0 Å². The highest BCUT2D eigenvalue weighted by Crippen LogP contribution is 2.32. The number of hydrogen-bond acceptors (Lipinski definition) is 7. The van der Waals surface area contributed by atoms with Crippen LogP contribution >= 0.6 is 9.24 Å². The van der Waals surface area contributed by atoms with Gasteiger partial charge in [0, 0.05) is 17.7 Å². The molecule has 2 saturated heterocycles. The molecular weight excluding hydrogens is 493 g/mol. The SMILES string of the molecule is COC(=O)NC1CC=C(c2ccc(-c3nc4cc(OC5CO[C@@H]6C(O)CO[C@H]56)[nH]c4cc3P)cc2)CC1. The van der Waals surface area contributed by atoms with Gasteiger partial charge in [-0.05, 0) is 41.8 Å². The van der Waals surface area contributed by atoms with Crippen molar-refractivity contribution in [1.82, 2.24) is 15.3 Å². The van der Waals surface area contributed by atoms with E-state index in [4.69, 9.17) is 23.9 Å². The average Bonchev–Trinajstić information content (AvgIpc) is 3.60. The van der Waals surface area contributed by atoms with E-state index in [0.717, 1.165) is 46.9 Å². The van der Waals surface area contributed by atoms with Crippen molar-refractivity contribution >= 4 is 37.2 Å². The van der Waals surface area contributed by atoms with Crippen LogP contribution in [0.5, 0.6) is 5.88 Å². The number of rotatable bonds is 5. The third-order valence-electron chi connectivity index (χ3n) is 7.31. The summed E-state index contributed by atoms with van der Waals surface area (Å²) in [5.74, 6) is 0.600. The van der Waals surface area contributed by atoms with Crippen molar-refractivity contribution in [3.8, 4) is 17.1 Å². The molecule has 4 heterocycles. The number of carbonyl (C=O) groups is 1. The van der Waals surface area contributed by atoms with Gasteiger partial charge in [0.1, 0.15) is 18.3 Å². The molecule has 0 spiro atoms. The number of nitrogens with zero attached hydrogens (tertiary/aromatic N) is 1. The molecule has 0 radical (unpaired) electrons. The average molecular weight is 524 g/mol. The first kappa shape index (κ1) is 24.4. The summed E-state index contributed by atoms with van der Waals surface area (Å²) in [6.45, 7) is 0.646. The van der Waals surface area contributed by atoms with E-state index in [2.05, 4.69) is 49.9 Å². The smallest absolute Gasteiger partial charge is 0.407 e. The maximum absolute atomic E-state index is 11.5. The first-order valence-corrected chi connectivity index (χ1v) is 13.1. The van der Waals surface area contributed by atoms with Crippen LogP contribution in [0.3, 0.4) is 0 Å². The van der Waals surface area contributed by atoms with Crippen LogP contribution < -0.4 is 15.4 Å². The predicted molar refractivity (Wildman–Crippen MR) is 142 cm³/mol. The Kier molecular flexibility index (Phi) is 6.63. The molecule has 3 N–H and O–H groups in total. The summed E-state index contributed by atoms with van der Waals surface area (Å²) in [4.78, 5) is 19.6. The number of aromatic nitrogens is 2. The molecule has 2 aromatic heterocycles. The zero-order chi connectivity index (χ0) is 25.5. The van der Waals surface area contributed by atoms with Crippen molar-refractivity contribution in [3.63, 3.8) is 0 Å². The summed E-state index contributed by atoms with van der Waals surface area (Å²) >= 11 is 0. The number of carbonyl (C=O) groups excluding carboxylic acids is 1. The van der Waals surface area contributed by atoms with Gasteiger partial charge in [0.25, 0.3) is 0 Å². The molecule has 3 aliphatic rings. The highest BCUT2D eigenvalue weighted by molar-refractivity contribution is 7.28. The third kappa shape index (κ3) is 4.84. The fourth-order valence-electron chi connectivity index (χ4n) is 5.34. The normalized spacial score (nSPS) is 27.1. The minimum absolute atomic E-state index is 0.112.